The molecule has 0 spiro atoms. The zero-order valence-corrected chi connectivity index (χ0v) is 21.1. The van der Waals surface area contributed by atoms with E-state index in [0.717, 1.165) is 5.56 Å². The standard InChI is InChI=1S/C29H24FN5O4/c1-17(2)15-31-27-25-24(18-6-10-21(30)11-7-18)26(39-29(25)33-16-32-27)19-8-12-22(13-9-19)34-28(36)20-4-3-5-23(14-20)35(37)38/h3-14,16-17H,15H2,1-2H3,(H,34,36)(H,31,32,33). The number of fused-ring (bicyclic) bond motifs is 1. The molecular weight excluding hydrogens is 501 g/mol. The molecule has 10 heteroatoms. The van der Waals surface area contributed by atoms with Crippen LogP contribution in [0.15, 0.2) is 83.5 Å². The van der Waals surface area contributed by atoms with E-state index in [1.807, 2.05) is 0 Å². The molecule has 0 aliphatic rings. The summed E-state index contributed by atoms with van der Waals surface area (Å²) in [5.41, 5.74) is 3.03. The Morgan fingerprint density at radius 3 is 2.44 bits per heavy atom. The molecule has 1 amide bonds. The maximum Gasteiger partial charge on any atom is 0.270 e. The maximum absolute atomic E-state index is 13.8. The van der Waals surface area contributed by atoms with Crippen LogP contribution in [-0.2, 0) is 0 Å². The number of carbonyl (C=O) groups is 1. The molecule has 3 aromatic carbocycles. The second kappa shape index (κ2) is 10.7. The Kier molecular flexibility index (Phi) is 7.00. The third kappa shape index (κ3) is 5.45. The lowest BCUT2D eigenvalue weighted by atomic mass is 9.99. The highest BCUT2D eigenvalue weighted by Crippen LogP contribution is 2.42. The summed E-state index contributed by atoms with van der Waals surface area (Å²) in [4.78, 5) is 31.9. The van der Waals surface area contributed by atoms with Crippen LogP contribution < -0.4 is 10.6 Å². The number of nitro benzene ring substituents is 1. The van der Waals surface area contributed by atoms with E-state index in [1.165, 1.54) is 42.7 Å². The Hall–Kier alpha value is -5.12. The van der Waals surface area contributed by atoms with Gasteiger partial charge in [-0.15, -0.1) is 0 Å². The molecular formula is C29H24FN5O4. The Labute approximate surface area is 222 Å². The zero-order valence-electron chi connectivity index (χ0n) is 21.1. The number of aromatic nitrogens is 2. The SMILES string of the molecule is CC(C)CNc1ncnc2oc(-c3ccc(NC(=O)c4cccc([N+](=O)[O-])c4)cc3)c(-c3ccc(F)cc3)c12. The number of benzene rings is 3. The van der Waals surface area contributed by atoms with E-state index in [-0.39, 0.29) is 17.1 Å². The van der Waals surface area contributed by atoms with Crippen molar-refractivity contribution in [3.8, 4) is 22.5 Å². The topological polar surface area (TPSA) is 123 Å². The number of hydrogen-bond donors (Lipinski definition) is 2. The summed E-state index contributed by atoms with van der Waals surface area (Å²) in [6.07, 6.45) is 1.43. The van der Waals surface area contributed by atoms with Gasteiger partial charge in [0.15, 0.2) is 0 Å². The second-order valence-electron chi connectivity index (χ2n) is 9.33. The van der Waals surface area contributed by atoms with Crippen LogP contribution in [0, 0.1) is 21.8 Å². The third-order valence-electron chi connectivity index (χ3n) is 6.02. The van der Waals surface area contributed by atoms with Gasteiger partial charge in [-0.2, -0.15) is 0 Å². The van der Waals surface area contributed by atoms with Gasteiger partial charge >= 0.3 is 0 Å². The van der Waals surface area contributed by atoms with Crippen LogP contribution in [0.3, 0.4) is 0 Å². The minimum absolute atomic E-state index is 0.165. The summed E-state index contributed by atoms with van der Waals surface area (Å²) in [6.45, 7) is 4.87. The Bertz CT molecular complexity index is 1660. The lowest BCUT2D eigenvalue weighted by Gasteiger charge is -2.10. The van der Waals surface area contributed by atoms with Crippen molar-refractivity contribution < 1.29 is 18.5 Å². The first-order valence-electron chi connectivity index (χ1n) is 12.2. The van der Waals surface area contributed by atoms with Gasteiger partial charge < -0.3 is 15.1 Å². The molecule has 0 saturated carbocycles. The Morgan fingerprint density at radius 2 is 1.74 bits per heavy atom. The lowest BCUT2D eigenvalue weighted by Crippen LogP contribution is -2.11. The predicted molar refractivity (Wildman–Crippen MR) is 147 cm³/mol. The zero-order chi connectivity index (χ0) is 27.5. The van der Waals surface area contributed by atoms with Crippen molar-refractivity contribution in [3.05, 3.63) is 101 Å². The van der Waals surface area contributed by atoms with Crippen molar-refractivity contribution in [2.75, 3.05) is 17.2 Å². The molecule has 5 rings (SSSR count). The molecule has 5 aromatic rings. The van der Waals surface area contributed by atoms with Gasteiger partial charge in [-0.25, -0.2) is 14.4 Å². The number of nitro groups is 1. The van der Waals surface area contributed by atoms with E-state index in [4.69, 9.17) is 4.42 Å². The Morgan fingerprint density at radius 1 is 1.03 bits per heavy atom. The molecule has 0 aliphatic carbocycles. The van der Waals surface area contributed by atoms with Gasteiger partial charge in [0, 0.05) is 41.1 Å². The van der Waals surface area contributed by atoms with Crippen LogP contribution in [0.2, 0.25) is 0 Å². The number of halogens is 1. The van der Waals surface area contributed by atoms with E-state index in [1.54, 1.807) is 36.4 Å². The first kappa shape index (κ1) is 25.5. The van der Waals surface area contributed by atoms with Gasteiger partial charge in [-0.1, -0.05) is 32.0 Å². The summed E-state index contributed by atoms with van der Waals surface area (Å²) in [5.74, 6) is 0.676. The fourth-order valence-electron chi connectivity index (χ4n) is 4.13. The lowest BCUT2D eigenvalue weighted by molar-refractivity contribution is -0.384. The summed E-state index contributed by atoms with van der Waals surface area (Å²) < 4.78 is 20.0. The van der Waals surface area contributed by atoms with Crippen molar-refractivity contribution in [1.29, 1.82) is 0 Å². The van der Waals surface area contributed by atoms with E-state index >= 15 is 0 Å². The number of hydrogen-bond acceptors (Lipinski definition) is 7. The third-order valence-corrected chi connectivity index (χ3v) is 6.02. The van der Waals surface area contributed by atoms with Gasteiger partial charge in [-0.05, 0) is 53.9 Å². The van der Waals surface area contributed by atoms with Gasteiger partial charge in [0.25, 0.3) is 11.6 Å². The quantitative estimate of drug-likeness (QED) is 0.166. The number of non-ortho nitro benzene ring substituents is 1. The minimum Gasteiger partial charge on any atom is -0.437 e. The summed E-state index contributed by atoms with van der Waals surface area (Å²) in [6, 6.07) is 18.6. The highest BCUT2D eigenvalue weighted by molar-refractivity contribution is 6.06. The maximum atomic E-state index is 13.8. The van der Waals surface area contributed by atoms with E-state index in [0.29, 0.717) is 52.0 Å². The molecule has 0 atom stereocenters. The molecule has 2 heterocycles. The second-order valence-corrected chi connectivity index (χ2v) is 9.33. The molecule has 0 fully saturated rings. The first-order valence-corrected chi connectivity index (χ1v) is 12.2. The Balaban J connectivity index is 1.52. The van der Waals surface area contributed by atoms with E-state index < -0.39 is 10.8 Å². The van der Waals surface area contributed by atoms with Crippen molar-refractivity contribution in [2.24, 2.45) is 5.92 Å². The van der Waals surface area contributed by atoms with Crippen LogP contribution >= 0.6 is 0 Å². The molecule has 2 aromatic heterocycles. The van der Waals surface area contributed by atoms with Crippen LogP contribution in [0.4, 0.5) is 21.6 Å². The first-order chi connectivity index (χ1) is 18.8. The number of furan rings is 1. The average Bonchev–Trinajstić information content (AvgIpc) is 3.33. The molecule has 0 radical (unpaired) electrons. The summed E-state index contributed by atoms with van der Waals surface area (Å²) in [7, 11) is 0. The molecule has 196 valence electrons. The van der Waals surface area contributed by atoms with Gasteiger partial charge in [0.05, 0.1) is 10.3 Å². The highest BCUT2D eigenvalue weighted by atomic mass is 19.1. The van der Waals surface area contributed by atoms with E-state index in [9.17, 15) is 19.3 Å². The van der Waals surface area contributed by atoms with Crippen molar-refractivity contribution in [3.63, 3.8) is 0 Å². The largest absolute Gasteiger partial charge is 0.437 e. The molecule has 2 N–H and O–H groups in total. The fourth-order valence-corrected chi connectivity index (χ4v) is 4.13. The van der Waals surface area contributed by atoms with Gasteiger partial charge in [0.2, 0.25) is 5.71 Å². The molecule has 0 aliphatic heterocycles. The smallest absolute Gasteiger partial charge is 0.270 e. The number of amides is 1. The van der Waals surface area contributed by atoms with E-state index in [2.05, 4.69) is 34.4 Å². The number of nitrogens with one attached hydrogen (secondary N) is 2. The molecule has 0 saturated heterocycles. The van der Waals surface area contributed by atoms with Crippen LogP contribution in [0.25, 0.3) is 33.6 Å². The van der Waals surface area contributed by atoms with Gasteiger partial charge in [-0.3, -0.25) is 14.9 Å². The normalized spacial score (nSPS) is 11.1. The molecule has 39 heavy (non-hydrogen) atoms. The number of nitrogens with zero attached hydrogens (tertiary/aromatic N) is 3. The monoisotopic (exact) mass is 525 g/mol. The van der Waals surface area contributed by atoms with Crippen molar-refractivity contribution in [1.82, 2.24) is 9.97 Å². The molecule has 0 unspecified atom stereocenters. The van der Waals surface area contributed by atoms with Crippen molar-refractivity contribution >= 4 is 34.2 Å². The van der Waals surface area contributed by atoms with Crippen LogP contribution in [-0.4, -0.2) is 27.3 Å². The minimum atomic E-state index is -0.550. The fraction of sp³-hybridized carbons (Fsp3) is 0.138. The molecule has 0 bridgehead atoms. The van der Waals surface area contributed by atoms with Crippen molar-refractivity contribution in [2.45, 2.75) is 13.8 Å². The number of carbonyl (C=O) groups excluding carboxylic acids is 1. The summed E-state index contributed by atoms with van der Waals surface area (Å²) in [5, 5.41) is 17.8. The number of anilines is 2. The molecule has 9 nitrogen and oxygen atoms in total. The van der Waals surface area contributed by atoms with Crippen LogP contribution in [0.1, 0.15) is 24.2 Å². The van der Waals surface area contributed by atoms with Gasteiger partial charge in [0.1, 0.15) is 23.7 Å². The predicted octanol–water partition coefficient (Wildman–Crippen LogP) is 6.92. The number of rotatable bonds is 8. The highest BCUT2D eigenvalue weighted by Gasteiger charge is 2.22. The summed E-state index contributed by atoms with van der Waals surface area (Å²) >= 11 is 0. The van der Waals surface area contributed by atoms with Crippen LogP contribution in [0.5, 0.6) is 0 Å². The average molecular weight is 526 g/mol.